The van der Waals surface area contributed by atoms with Gasteiger partial charge in [-0.1, -0.05) is 48.5 Å². The van der Waals surface area contributed by atoms with Gasteiger partial charge < -0.3 is 9.47 Å². The van der Waals surface area contributed by atoms with Crippen LogP contribution in [0.2, 0.25) is 0 Å². The van der Waals surface area contributed by atoms with E-state index >= 15 is 0 Å². The van der Waals surface area contributed by atoms with E-state index in [4.69, 9.17) is 9.47 Å². The Balaban J connectivity index is 1.77. The molecule has 0 atom stereocenters. The van der Waals surface area contributed by atoms with E-state index in [0.29, 0.717) is 17.1 Å². The molecule has 138 valence electrons. The van der Waals surface area contributed by atoms with E-state index in [1.807, 2.05) is 42.5 Å². The van der Waals surface area contributed by atoms with Crippen LogP contribution in [0.3, 0.4) is 0 Å². The zero-order chi connectivity index (χ0) is 19.3. The van der Waals surface area contributed by atoms with Crippen molar-refractivity contribution in [2.75, 3.05) is 6.26 Å². The van der Waals surface area contributed by atoms with Crippen LogP contribution in [0.4, 0.5) is 0 Å². The monoisotopic (exact) mass is 382 g/mol. The Morgan fingerprint density at radius 1 is 0.852 bits per heavy atom. The molecule has 0 saturated carbocycles. The Kier molecular flexibility index (Phi) is 5.57. The van der Waals surface area contributed by atoms with E-state index in [-0.39, 0.29) is 17.1 Å². The van der Waals surface area contributed by atoms with Crippen molar-refractivity contribution < 1.29 is 22.7 Å². The molecule has 0 fully saturated rings. The highest BCUT2D eigenvalue weighted by molar-refractivity contribution is 7.90. The second-order valence-corrected chi connectivity index (χ2v) is 7.85. The molecule has 0 aliphatic rings. The summed E-state index contributed by atoms with van der Waals surface area (Å²) >= 11 is 0. The summed E-state index contributed by atoms with van der Waals surface area (Å²) in [7, 11) is -3.54. The quantitative estimate of drug-likeness (QED) is 0.597. The first kappa shape index (κ1) is 18.7. The summed E-state index contributed by atoms with van der Waals surface area (Å²) in [5.41, 5.74) is 0.688. The minimum absolute atomic E-state index is 0.0152. The van der Waals surface area contributed by atoms with Crippen LogP contribution in [0.15, 0.2) is 83.8 Å². The molecule has 0 amide bonds. The number of hydrogen-bond acceptors (Lipinski definition) is 5. The Morgan fingerprint density at radius 3 is 2.22 bits per heavy atom. The predicted molar refractivity (Wildman–Crippen MR) is 102 cm³/mol. The van der Waals surface area contributed by atoms with E-state index in [1.165, 1.54) is 12.1 Å². The summed E-state index contributed by atoms with van der Waals surface area (Å²) in [6.07, 6.45) is 1.06. The van der Waals surface area contributed by atoms with E-state index < -0.39 is 15.8 Å². The second kappa shape index (κ2) is 8.05. The molecule has 0 radical (unpaired) electrons. The number of sulfone groups is 1. The Bertz CT molecular complexity index is 1040. The number of benzene rings is 3. The van der Waals surface area contributed by atoms with Crippen LogP contribution in [-0.4, -0.2) is 20.6 Å². The summed E-state index contributed by atoms with van der Waals surface area (Å²) in [5.74, 6) is 0.525. The van der Waals surface area contributed by atoms with Crippen LogP contribution in [-0.2, 0) is 21.2 Å². The van der Waals surface area contributed by atoms with E-state index in [2.05, 4.69) is 0 Å². The van der Waals surface area contributed by atoms with Crippen molar-refractivity contribution in [3.8, 4) is 11.5 Å². The highest BCUT2D eigenvalue weighted by Gasteiger charge is 2.19. The first-order valence-electron chi connectivity index (χ1n) is 8.22. The summed E-state index contributed by atoms with van der Waals surface area (Å²) in [5, 5.41) is 0. The molecule has 5 nitrogen and oxygen atoms in total. The van der Waals surface area contributed by atoms with Gasteiger partial charge in [0.15, 0.2) is 9.84 Å². The molecule has 0 saturated heterocycles. The van der Waals surface area contributed by atoms with Gasteiger partial charge in [-0.25, -0.2) is 13.2 Å². The van der Waals surface area contributed by atoms with Crippen LogP contribution in [0.1, 0.15) is 15.9 Å². The van der Waals surface area contributed by atoms with Crippen molar-refractivity contribution in [1.29, 1.82) is 0 Å². The van der Waals surface area contributed by atoms with Gasteiger partial charge in [-0.05, 0) is 30.3 Å². The highest BCUT2D eigenvalue weighted by atomic mass is 32.2. The average Bonchev–Trinajstić information content (AvgIpc) is 2.67. The van der Waals surface area contributed by atoms with E-state index in [9.17, 15) is 13.2 Å². The van der Waals surface area contributed by atoms with E-state index in [1.54, 1.807) is 24.3 Å². The molecule has 0 heterocycles. The minimum Gasteiger partial charge on any atom is -0.457 e. The lowest BCUT2D eigenvalue weighted by atomic mass is 10.2. The number of esters is 1. The molecule has 0 bridgehead atoms. The third kappa shape index (κ3) is 4.74. The number of carbonyl (C=O) groups excluding carboxylic acids is 1. The summed E-state index contributed by atoms with van der Waals surface area (Å²) in [4.78, 5) is 12.4. The van der Waals surface area contributed by atoms with Gasteiger partial charge in [0.2, 0.25) is 0 Å². The highest BCUT2D eigenvalue weighted by Crippen LogP contribution is 2.26. The lowest BCUT2D eigenvalue weighted by Gasteiger charge is -2.12. The topological polar surface area (TPSA) is 69.7 Å². The molecule has 27 heavy (non-hydrogen) atoms. The Morgan fingerprint density at radius 2 is 1.48 bits per heavy atom. The van der Waals surface area contributed by atoms with Gasteiger partial charge in [0.1, 0.15) is 18.1 Å². The van der Waals surface area contributed by atoms with Gasteiger partial charge >= 0.3 is 5.97 Å². The molecule has 0 aromatic heterocycles. The fraction of sp³-hybridized carbons (Fsp3) is 0.0952. The average molecular weight is 382 g/mol. The van der Waals surface area contributed by atoms with Crippen molar-refractivity contribution in [2.45, 2.75) is 11.5 Å². The van der Waals surface area contributed by atoms with Crippen molar-refractivity contribution in [2.24, 2.45) is 0 Å². The molecule has 0 unspecified atom stereocenters. The van der Waals surface area contributed by atoms with Crippen molar-refractivity contribution in [3.63, 3.8) is 0 Å². The van der Waals surface area contributed by atoms with Gasteiger partial charge in [0.05, 0.1) is 10.5 Å². The summed E-state index contributed by atoms with van der Waals surface area (Å²) in [6.45, 7) is -0.0417. The number of rotatable bonds is 6. The Labute approximate surface area is 158 Å². The van der Waals surface area contributed by atoms with Crippen molar-refractivity contribution in [1.82, 2.24) is 0 Å². The zero-order valence-electron chi connectivity index (χ0n) is 14.7. The third-order valence-electron chi connectivity index (χ3n) is 3.81. The maximum atomic E-state index is 12.4. The fourth-order valence-corrected chi connectivity index (χ4v) is 3.39. The smallest absolute Gasteiger partial charge is 0.339 e. The van der Waals surface area contributed by atoms with Crippen LogP contribution < -0.4 is 4.74 Å². The van der Waals surface area contributed by atoms with Gasteiger partial charge in [-0.3, -0.25) is 0 Å². The molecule has 0 aliphatic heterocycles. The molecule has 0 aliphatic carbocycles. The zero-order valence-corrected chi connectivity index (χ0v) is 15.5. The first-order chi connectivity index (χ1) is 12.9. The van der Waals surface area contributed by atoms with Crippen LogP contribution in [0, 0.1) is 0 Å². The van der Waals surface area contributed by atoms with E-state index in [0.717, 1.165) is 6.26 Å². The lowest BCUT2D eigenvalue weighted by molar-refractivity contribution is 0.0466. The van der Waals surface area contributed by atoms with Crippen LogP contribution >= 0.6 is 0 Å². The predicted octanol–water partition coefficient (Wildman–Crippen LogP) is 4.24. The number of ether oxygens (including phenoxy) is 2. The van der Waals surface area contributed by atoms with Gasteiger partial charge in [-0.2, -0.15) is 0 Å². The summed E-state index contributed by atoms with van der Waals surface area (Å²) < 4.78 is 34.9. The summed E-state index contributed by atoms with van der Waals surface area (Å²) in [6, 6.07) is 22.4. The van der Waals surface area contributed by atoms with Crippen LogP contribution in [0.25, 0.3) is 0 Å². The molecule has 0 spiro atoms. The standard InChI is InChI=1S/C21H18O5S/c1-27(23,24)20-14-8-6-12-18(20)21(22)25-15-16-9-5-7-13-19(16)26-17-10-3-2-4-11-17/h2-14H,15H2,1H3. The Hall–Kier alpha value is -3.12. The molecule has 6 heteroatoms. The van der Waals surface area contributed by atoms with Gasteiger partial charge in [0.25, 0.3) is 0 Å². The molecule has 3 aromatic carbocycles. The van der Waals surface area contributed by atoms with Gasteiger partial charge in [-0.15, -0.1) is 0 Å². The fourth-order valence-electron chi connectivity index (χ4n) is 2.52. The van der Waals surface area contributed by atoms with Crippen molar-refractivity contribution in [3.05, 3.63) is 90.0 Å². The molecule has 3 rings (SSSR count). The first-order valence-corrected chi connectivity index (χ1v) is 10.1. The van der Waals surface area contributed by atoms with Crippen LogP contribution in [0.5, 0.6) is 11.5 Å². The number of hydrogen-bond donors (Lipinski definition) is 0. The normalized spacial score (nSPS) is 11.0. The third-order valence-corrected chi connectivity index (χ3v) is 4.96. The van der Waals surface area contributed by atoms with Gasteiger partial charge in [0, 0.05) is 11.8 Å². The molecule has 3 aromatic rings. The largest absolute Gasteiger partial charge is 0.457 e. The molecular weight excluding hydrogens is 364 g/mol. The minimum atomic E-state index is -3.54. The lowest BCUT2D eigenvalue weighted by Crippen LogP contribution is -2.11. The maximum Gasteiger partial charge on any atom is 0.339 e. The number of carbonyl (C=O) groups is 1. The van der Waals surface area contributed by atoms with Crippen molar-refractivity contribution >= 4 is 15.8 Å². The SMILES string of the molecule is CS(=O)(=O)c1ccccc1C(=O)OCc1ccccc1Oc1ccccc1. The molecule has 0 N–H and O–H groups in total. The number of para-hydroxylation sites is 2. The molecular formula is C21H18O5S. The maximum absolute atomic E-state index is 12.4. The second-order valence-electron chi connectivity index (χ2n) is 5.87.